The molecule has 1 unspecified atom stereocenters. The Labute approximate surface area is 100 Å². The fraction of sp³-hybridized carbons (Fsp3) is 0.583. The molecule has 1 atom stereocenters. The zero-order valence-electron chi connectivity index (χ0n) is 9.53. The van der Waals surface area contributed by atoms with Crippen LogP contribution in [0.2, 0.25) is 0 Å². The van der Waals surface area contributed by atoms with Crippen LogP contribution in [0, 0.1) is 0 Å². The van der Waals surface area contributed by atoms with Crippen molar-refractivity contribution in [1.82, 2.24) is 10.6 Å². The summed E-state index contributed by atoms with van der Waals surface area (Å²) in [7, 11) is 0. The highest BCUT2D eigenvalue weighted by atomic mass is 32.1. The largest absolute Gasteiger partial charge is 0.353 e. The van der Waals surface area contributed by atoms with Gasteiger partial charge in [0.15, 0.2) is 0 Å². The van der Waals surface area contributed by atoms with Crippen molar-refractivity contribution in [3.05, 3.63) is 22.4 Å². The lowest BCUT2D eigenvalue weighted by Crippen LogP contribution is -2.29. The van der Waals surface area contributed by atoms with Gasteiger partial charge < -0.3 is 10.6 Å². The number of hydrogen-bond donors (Lipinski definition) is 2. The molecule has 1 fully saturated rings. The van der Waals surface area contributed by atoms with Gasteiger partial charge in [-0.2, -0.15) is 11.3 Å². The molecule has 1 aliphatic rings. The first kappa shape index (κ1) is 11.6. The van der Waals surface area contributed by atoms with Gasteiger partial charge in [0, 0.05) is 25.0 Å². The van der Waals surface area contributed by atoms with Gasteiger partial charge >= 0.3 is 0 Å². The first-order chi connectivity index (χ1) is 7.75. The molecule has 2 rings (SSSR count). The third-order valence-electron chi connectivity index (χ3n) is 2.79. The van der Waals surface area contributed by atoms with Gasteiger partial charge in [0.05, 0.1) is 0 Å². The van der Waals surface area contributed by atoms with Crippen molar-refractivity contribution in [2.24, 2.45) is 0 Å². The first-order valence-electron chi connectivity index (χ1n) is 5.80. The molecule has 1 saturated carbocycles. The summed E-state index contributed by atoms with van der Waals surface area (Å²) in [6, 6.07) is 2.92. The predicted octanol–water partition coefficient (Wildman–Crippen LogP) is 2.07. The molecule has 0 bridgehead atoms. The average molecular weight is 238 g/mol. The molecule has 4 heteroatoms. The van der Waals surface area contributed by atoms with E-state index in [2.05, 4.69) is 34.4 Å². The molecule has 3 nitrogen and oxygen atoms in total. The Balaban J connectivity index is 1.61. The molecule has 1 aromatic rings. The van der Waals surface area contributed by atoms with Crippen LogP contribution in [-0.4, -0.2) is 18.5 Å². The highest BCUT2D eigenvalue weighted by molar-refractivity contribution is 7.07. The van der Waals surface area contributed by atoms with E-state index >= 15 is 0 Å². The van der Waals surface area contributed by atoms with E-state index in [1.54, 1.807) is 11.3 Å². The summed E-state index contributed by atoms with van der Waals surface area (Å²) in [5, 5.41) is 10.6. The second-order valence-corrected chi connectivity index (χ2v) is 5.10. The second kappa shape index (κ2) is 5.46. The van der Waals surface area contributed by atoms with Gasteiger partial charge in [0.25, 0.3) is 0 Å². The van der Waals surface area contributed by atoms with Crippen LogP contribution in [0.1, 0.15) is 37.8 Å². The van der Waals surface area contributed by atoms with Gasteiger partial charge in [-0.15, -0.1) is 0 Å². The highest BCUT2D eigenvalue weighted by Gasteiger charge is 2.22. The van der Waals surface area contributed by atoms with E-state index in [-0.39, 0.29) is 5.91 Å². The fourth-order valence-corrected chi connectivity index (χ4v) is 2.32. The van der Waals surface area contributed by atoms with Crippen molar-refractivity contribution in [1.29, 1.82) is 0 Å². The van der Waals surface area contributed by atoms with Crippen molar-refractivity contribution >= 4 is 17.2 Å². The maximum Gasteiger partial charge on any atom is 0.221 e. The van der Waals surface area contributed by atoms with Crippen molar-refractivity contribution in [3.63, 3.8) is 0 Å². The van der Waals surface area contributed by atoms with E-state index in [0.717, 1.165) is 19.4 Å². The Kier molecular flexibility index (Phi) is 3.96. The number of thiophene rings is 1. The van der Waals surface area contributed by atoms with Crippen LogP contribution in [0.4, 0.5) is 0 Å². The van der Waals surface area contributed by atoms with E-state index < -0.39 is 0 Å². The van der Waals surface area contributed by atoms with Gasteiger partial charge in [-0.25, -0.2) is 0 Å². The molecular weight excluding hydrogens is 220 g/mol. The normalized spacial score (nSPS) is 17.1. The molecule has 88 valence electrons. The smallest absolute Gasteiger partial charge is 0.221 e. The van der Waals surface area contributed by atoms with Crippen molar-refractivity contribution in [2.75, 3.05) is 6.54 Å². The fourth-order valence-electron chi connectivity index (χ4n) is 1.57. The van der Waals surface area contributed by atoms with Crippen LogP contribution >= 0.6 is 11.3 Å². The lowest BCUT2D eigenvalue weighted by atomic mass is 10.2. The van der Waals surface area contributed by atoms with Gasteiger partial charge in [0.2, 0.25) is 5.91 Å². The Bertz CT molecular complexity index is 333. The Morgan fingerprint density at radius 2 is 2.44 bits per heavy atom. The molecule has 1 heterocycles. The van der Waals surface area contributed by atoms with Crippen LogP contribution in [-0.2, 0) is 4.79 Å². The highest BCUT2D eigenvalue weighted by Crippen LogP contribution is 2.18. The summed E-state index contributed by atoms with van der Waals surface area (Å²) >= 11 is 1.71. The van der Waals surface area contributed by atoms with E-state index in [1.807, 2.05) is 0 Å². The molecule has 1 aromatic heterocycles. The molecule has 0 saturated heterocycles. The molecule has 1 aliphatic carbocycles. The first-order valence-corrected chi connectivity index (χ1v) is 6.75. The van der Waals surface area contributed by atoms with Crippen molar-refractivity contribution in [3.8, 4) is 0 Å². The SMILES string of the molecule is CC(NCCC(=O)NC1CC1)c1ccsc1. The lowest BCUT2D eigenvalue weighted by Gasteiger charge is -2.12. The van der Waals surface area contributed by atoms with Gasteiger partial charge in [0.1, 0.15) is 0 Å². The minimum atomic E-state index is 0.174. The average Bonchev–Trinajstić information content (AvgIpc) is 2.90. The quantitative estimate of drug-likeness (QED) is 0.796. The topological polar surface area (TPSA) is 41.1 Å². The minimum absolute atomic E-state index is 0.174. The third-order valence-corrected chi connectivity index (χ3v) is 3.49. The molecule has 0 radical (unpaired) electrons. The van der Waals surface area contributed by atoms with Crippen molar-refractivity contribution in [2.45, 2.75) is 38.3 Å². The zero-order chi connectivity index (χ0) is 11.4. The van der Waals surface area contributed by atoms with E-state index in [4.69, 9.17) is 0 Å². The van der Waals surface area contributed by atoms with Gasteiger partial charge in [-0.1, -0.05) is 0 Å². The Hall–Kier alpha value is -0.870. The van der Waals surface area contributed by atoms with Crippen LogP contribution in [0.15, 0.2) is 16.8 Å². The number of rotatable bonds is 6. The summed E-state index contributed by atoms with van der Waals surface area (Å²) in [5.74, 6) is 0.174. The summed E-state index contributed by atoms with van der Waals surface area (Å²) in [5.41, 5.74) is 1.30. The van der Waals surface area contributed by atoms with Gasteiger partial charge in [-0.3, -0.25) is 4.79 Å². The number of amides is 1. The van der Waals surface area contributed by atoms with Crippen LogP contribution < -0.4 is 10.6 Å². The number of hydrogen-bond acceptors (Lipinski definition) is 3. The molecule has 1 amide bonds. The molecular formula is C12H18N2OS. The molecule has 2 N–H and O–H groups in total. The summed E-state index contributed by atoms with van der Waals surface area (Å²) in [4.78, 5) is 11.4. The number of carbonyl (C=O) groups is 1. The van der Waals surface area contributed by atoms with E-state index in [0.29, 0.717) is 18.5 Å². The molecule has 0 spiro atoms. The summed E-state index contributed by atoms with van der Waals surface area (Å²) < 4.78 is 0. The predicted molar refractivity (Wildman–Crippen MR) is 66.5 cm³/mol. The standard InChI is InChI=1S/C12H18N2OS/c1-9(10-5-7-16-8-10)13-6-4-12(15)14-11-2-3-11/h5,7-9,11,13H,2-4,6H2,1H3,(H,14,15). The van der Waals surface area contributed by atoms with E-state index in [9.17, 15) is 4.79 Å². The van der Waals surface area contributed by atoms with Crippen LogP contribution in [0.3, 0.4) is 0 Å². The minimum Gasteiger partial charge on any atom is -0.353 e. The Morgan fingerprint density at radius 3 is 3.06 bits per heavy atom. The summed E-state index contributed by atoms with van der Waals surface area (Å²) in [6.07, 6.45) is 2.89. The molecule has 0 aliphatic heterocycles. The lowest BCUT2D eigenvalue weighted by molar-refractivity contribution is -0.121. The van der Waals surface area contributed by atoms with Crippen molar-refractivity contribution < 1.29 is 4.79 Å². The van der Waals surface area contributed by atoms with Crippen LogP contribution in [0.5, 0.6) is 0 Å². The van der Waals surface area contributed by atoms with Crippen LogP contribution in [0.25, 0.3) is 0 Å². The maximum absolute atomic E-state index is 11.4. The third kappa shape index (κ3) is 3.61. The Morgan fingerprint density at radius 1 is 1.62 bits per heavy atom. The summed E-state index contributed by atoms with van der Waals surface area (Å²) in [6.45, 7) is 2.87. The molecule has 0 aromatic carbocycles. The molecule has 16 heavy (non-hydrogen) atoms. The number of carbonyl (C=O) groups excluding carboxylic acids is 1. The van der Waals surface area contributed by atoms with E-state index in [1.165, 1.54) is 5.56 Å². The number of nitrogens with one attached hydrogen (secondary N) is 2. The monoisotopic (exact) mass is 238 g/mol. The van der Waals surface area contributed by atoms with Gasteiger partial charge in [-0.05, 0) is 42.2 Å². The zero-order valence-corrected chi connectivity index (χ0v) is 10.3. The second-order valence-electron chi connectivity index (χ2n) is 4.32. The maximum atomic E-state index is 11.4.